The van der Waals surface area contributed by atoms with Crippen molar-refractivity contribution >= 4 is 23.1 Å². The fraction of sp³-hybridized carbons (Fsp3) is 0.500. The van der Waals surface area contributed by atoms with Gasteiger partial charge in [-0.25, -0.2) is 0 Å². The first kappa shape index (κ1) is 19.2. The first-order valence-electron chi connectivity index (χ1n) is 9.04. The standard InChI is InChI=1S/C18H22N6O2S/c1-27-18-22-21-17(23(18)14-5-2-3-6-14)7-4-10-20-15-9-8-13(12-19)11-16(15)24(25)26/h8-9,11,14,20H,2-7,10H2,1H3. The lowest BCUT2D eigenvalue weighted by molar-refractivity contribution is -0.384. The number of nitriles is 1. The van der Waals surface area contributed by atoms with Gasteiger partial charge in [0.1, 0.15) is 11.5 Å². The minimum absolute atomic E-state index is 0.0761. The first-order valence-corrected chi connectivity index (χ1v) is 10.3. The van der Waals surface area contributed by atoms with E-state index in [9.17, 15) is 10.1 Å². The van der Waals surface area contributed by atoms with Gasteiger partial charge >= 0.3 is 0 Å². The zero-order valence-electron chi connectivity index (χ0n) is 15.2. The molecule has 1 aromatic carbocycles. The summed E-state index contributed by atoms with van der Waals surface area (Å²) in [5.74, 6) is 0.988. The van der Waals surface area contributed by atoms with E-state index >= 15 is 0 Å². The molecule has 0 aliphatic heterocycles. The number of rotatable bonds is 8. The average Bonchev–Trinajstić information content (AvgIpc) is 3.34. The van der Waals surface area contributed by atoms with Crippen LogP contribution in [0.15, 0.2) is 23.4 Å². The Kier molecular flexibility index (Phi) is 6.29. The highest BCUT2D eigenvalue weighted by molar-refractivity contribution is 7.98. The minimum Gasteiger partial charge on any atom is -0.379 e. The van der Waals surface area contributed by atoms with E-state index in [-0.39, 0.29) is 11.3 Å². The van der Waals surface area contributed by atoms with E-state index in [1.165, 1.54) is 31.7 Å². The Labute approximate surface area is 162 Å². The topological polar surface area (TPSA) is 110 Å². The maximum absolute atomic E-state index is 11.2. The smallest absolute Gasteiger partial charge is 0.293 e. The highest BCUT2D eigenvalue weighted by Gasteiger charge is 2.23. The van der Waals surface area contributed by atoms with Crippen LogP contribution in [0.2, 0.25) is 0 Å². The summed E-state index contributed by atoms with van der Waals surface area (Å²) in [6, 6.07) is 6.88. The van der Waals surface area contributed by atoms with Crippen molar-refractivity contribution in [2.45, 2.75) is 49.7 Å². The third-order valence-corrected chi connectivity index (χ3v) is 5.47. The molecule has 1 aromatic heterocycles. The van der Waals surface area contributed by atoms with Crippen LogP contribution in [0.1, 0.15) is 49.5 Å². The van der Waals surface area contributed by atoms with Gasteiger partial charge in [0.15, 0.2) is 5.16 Å². The lowest BCUT2D eigenvalue weighted by Crippen LogP contribution is -2.12. The second-order valence-electron chi connectivity index (χ2n) is 6.54. The summed E-state index contributed by atoms with van der Waals surface area (Å²) in [6.45, 7) is 0.582. The third kappa shape index (κ3) is 4.39. The van der Waals surface area contributed by atoms with Crippen molar-refractivity contribution in [2.24, 2.45) is 0 Å². The van der Waals surface area contributed by atoms with Crippen molar-refractivity contribution in [3.63, 3.8) is 0 Å². The lowest BCUT2D eigenvalue weighted by Gasteiger charge is -2.16. The number of aromatic nitrogens is 3. The number of benzene rings is 1. The third-order valence-electron chi connectivity index (χ3n) is 4.82. The van der Waals surface area contributed by atoms with Gasteiger partial charge in [-0.05, 0) is 37.7 Å². The molecule has 1 aliphatic rings. The number of nitrogens with one attached hydrogen (secondary N) is 1. The van der Waals surface area contributed by atoms with E-state index in [0.717, 1.165) is 23.8 Å². The molecule has 1 fully saturated rings. The van der Waals surface area contributed by atoms with Gasteiger partial charge in [-0.1, -0.05) is 24.6 Å². The molecular weight excluding hydrogens is 364 g/mol. The van der Waals surface area contributed by atoms with Gasteiger partial charge in [-0.15, -0.1) is 10.2 Å². The number of hydrogen-bond donors (Lipinski definition) is 1. The van der Waals surface area contributed by atoms with Gasteiger partial charge < -0.3 is 9.88 Å². The Morgan fingerprint density at radius 1 is 1.41 bits per heavy atom. The van der Waals surface area contributed by atoms with Crippen LogP contribution in [0, 0.1) is 21.4 Å². The predicted octanol–water partition coefficient (Wildman–Crippen LogP) is 3.94. The monoisotopic (exact) mass is 386 g/mol. The van der Waals surface area contributed by atoms with Gasteiger partial charge in [0.05, 0.1) is 16.6 Å². The predicted molar refractivity (Wildman–Crippen MR) is 104 cm³/mol. The fourth-order valence-corrected chi connectivity index (χ4v) is 4.09. The van der Waals surface area contributed by atoms with Gasteiger partial charge in [0.25, 0.3) is 5.69 Å². The Bertz CT molecular complexity index is 854. The van der Waals surface area contributed by atoms with Gasteiger partial charge in [-0.2, -0.15) is 5.26 Å². The molecule has 0 radical (unpaired) electrons. The summed E-state index contributed by atoms with van der Waals surface area (Å²) in [5, 5.41) is 32.9. The molecule has 1 saturated carbocycles. The van der Waals surface area contributed by atoms with Crippen LogP contribution in [-0.2, 0) is 6.42 Å². The van der Waals surface area contributed by atoms with Gasteiger partial charge in [0, 0.05) is 25.1 Å². The highest BCUT2D eigenvalue weighted by atomic mass is 32.2. The first-order chi connectivity index (χ1) is 13.1. The summed E-state index contributed by atoms with van der Waals surface area (Å²) in [6.07, 6.45) is 8.42. The van der Waals surface area contributed by atoms with E-state index < -0.39 is 4.92 Å². The molecule has 0 unspecified atom stereocenters. The molecule has 1 N–H and O–H groups in total. The Hall–Kier alpha value is -2.60. The number of thioether (sulfide) groups is 1. The molecule has 0 spiro atoms. The van der Waals surface area contributed by atoms with Crippen molar-refractivity contribution in [3.8, 4) is 6.07 Å². The van der Waals surface area contributed by atoms with Crippen LogP contribution < -0.4 is 5.32 Å². The summed E-state index contributed by atoms with van der Waals surface area (Å²) >= 11 is 1.62. The number of nitro benzene ring substituents is 1. The molecular formula is C18H22N6O2S. The van der Waals surface area contributed by atoms with Crippen molar-refractivity contribution in [1.29, 1.82) is 5.26 Å². The molecule has 0 bridgehead atoms. The molecule has 2 aromatic rings. The maximum atomic E-state index is 11.2. The lowest BCUT2D eigenvalue weighted by atomic mass is 10.2. The minimum atomic E-state index is -0.468. The van der Waals surface area contributed by atoms with E-state index in [4.69, 9.17) is 5.26 Å². The van der Waals surface area contributed by atoms with E-state index in [0.29, 0.717) is 18.3 Å². The van der Waals surface area contributed by atoms with Crippen LogP contribution >= 0.6 is 11.8 Å². The second-order valence-corrected chi connectivity index (χ2v) is 7.32. The number of hydrogen-bond acceptors (Lipinski definition) is 7. The van der Waals surface area contributed by atoms with Crippen LogP contribution in [-0.4, -0.2) is 32.5 Å². The van der Waals surface area contributed by atoms with Crippen molar-refractivity contribution in [1.82, 2.24) is 14.8 Å². The van der Waals surface area contributed by atoms with E-state index in [1.807, 2.05) is 12.3 Å². The van der Waals surface area contributed by atoms with Crippen molar-refractivity contribution < 1.29 is 4.92 Å². The molecule has 0 amide bonds. The quantitative estimate of drug-likeness (QED) is 0.317. The summed E-state index contributed by atoms with van der Waals surface area (Å²) in [4.78, 5) is 10.7. The second kappa shape index (κ2) is 8.86. The Morgan fingerprint density at radius 3 is 2.85 bits per heavy atom. The molecule has 3 rings (SSSR count). The fourth-order valence-electron chi connectivity index (χ4n) is 3.52. The summed E-state index contributed by atoms with van der Waals surface area (Å²) < 4.78 is 2.28. The average molecular weight is 386 g/mol. The zero-order valence-corrected chi connectivity index (χ0v) is 16.0. The normalized spacial score (nSPS) is 14.2. The van der Waals surface area contributed by atoms with Crippen LogP contribution in [0.4, 0.5) is 11.4 Å². The molecule has 8 nitrogen and oxygen atoms in total. The molecule has 1 aliphatic carbocycles. The number of nitrogens with zero attached hydrogens (tertiary/aromatic N) is 5. The largest absolute Gasteiger partial charge is 0.379 e. The number of aryl methyl sites for hydroxylation is 1. The number of nitro groups is 1. The van der Waals surface area contributed by atoms with Crippen molar-refractivity contribution in [2.75, 3.05) is 18.1 Å². The molecule has 0 saturated heterocycles. The van der Waals surface area contributed by atoms with E-state index in [1.54, 1.807) is 23.9 Å². The summed E-state index contributed by atoms with van der Waals surface area (Å²) in [7, 11) is 0. The van der Waals surface area contributed by atoms with E-state index in [2.05, 4.69) is 20.1 Å². The zero-order chi connectivity index (χ0) is 19.2. The SMILES string of the molecule is CSc1nnc(CCCNc2ccc(C#N)cc2[N+](=O)[O-])n1C1CCCC1. The number of anilines is 1. The van der Waals surface area contributed by atoms with Crippen LogP contribution in [0.3, 0.4) is 0 Å². The van der Waals surface area contributed by atoms with Gasteiger partial charge in [-0.3, -0.25) is 10.1 Å². The molecule has 9 heteroatoms. The van der Waals surface area contributed by atoms with Gasteiger partial charge in [0.2, 0.25) is 0 Å². The Morgan fingerprint density at radius 2 is 2.19 bits per heavy atom. The summed E-state index contributed by atoms with van der Waals surface area (Å²) in [5.41, 5.74) is 0.635. The van der Waals surface area contributed by atoms with Crippen molar-refractivity contribution in [3.05, 3.63) is 39.7 Å². The highest BCUT2D eigenvalue weighted by Crippen LogP contribution is 2.33. The van der Waals surface area contributed by atoms with Crippen LogP contribution in [0.5, 0.6) is 0 Å². The molecule has 27 heavy (non-hydrogen) atoms. The maximum Gasteiger partial charge on any atom is 0.293 e. The molecule has 142 valence electrons. The van der Waals surface area contributed by atoms with Crippen LogP contribution in [0.25, 0.3) is 0 Å². The molecule has 1 heterocycles. The molecule has 0 atom stereocenters. The Balaban J connectivity index is 1.62.